The number of nitrogens with one attached hydrogen (secondary N) is 1. The van der Waals surface area contributed by atoms with E-state index in [0.717, 1.165) is 35.9 Å². The SMILES string of the molecule is COc1ccc([C@H]2c3[nH]c4ccccc4c3CCN2C(=O)CCCc2cccs2)c(F)c1. The molecule has 1 atom stereocenters. The molecule has 0 aliphatic carbocycles. The average molecular weight is 449 g/mol. The van der Waals surface area contributed by atoms with E-state index in [9.17, 15) is 4.79 Å². The fourth-order valence-electron chi connectivity index (χ4n) is 4.70. The van der Waals surface area contributed by atoms with Crippen molar-refractivity contribution in [1.82, 2.24) is 9.88 Å². The highest BCUT2D eigenvalue weighted by Gasteiger charge is 2.35. The second kappa shape index (κ2) is 8.79. The van der Waals surface area contributed by atoms with Crippen LogP contribution in [0.25, 0.3) is 10.9 Å². The Bertz CT molecular complexity index is 1250. The van der Waals surface area contributed by atoms with Crippen LogP contribution < -0.4 is 4.74 Å². The maximum Gasteiger partial charge on any atom is 0.223 e. The van der Waals surface area contributed by atoms with E-state index >= 15 is 4.39 Å². The monoisotopic (exact) mass is 448 g/mol. The van der Waals surface area contributed by atoms with E-state index in [-0.39, 0.29) is 11.7 Å². The predicted octanol–water partition coefficient (Wildman–Crippen LogP) is 5.87. The molecule has 1 aliphatic rings. The number of thiophene rings is 1. The zero-order valence-electron chi connectivity index (χ0n) is 17.9. The Kier molecular flexibility index (Phi) is 5.70. The first-order valence-corrected chi connectivity index (χ1v) is 11.8. The van der Waals surface area contributed by atoms with Crippen LogP contribution >= 0.6 is 11.3 Å². The third kappa shape index (κ3) is 3.79. The van der Waals surface area contributed by atoms with E-state index in [1.54, 1.807) is 23.5 Å². The first kappa shape index (κ1) is 20.8. The van der Waals surface area contributed by atoms with Crippen LogP contribution in [0.4, 0.5) is 4.39 Å². The summed E-state index contributed by atoms with van der Waals surface area (Å²) in [5.41, 5.74) is 3.59. The Hall–Kier alpha value is -3.12. The summed E-state index contributed by atoms with van der Waals surface area (Å²) in [6.07, 6.45) is 2.87. The molecule has 4 nitrogen and oxygen atoms in total. The third-order valence-corrected chi connectivity index (χ3v) is 7.19. The van der Waals surface area contributed by atoms with Gasteiger partial charge in [0.15, 0.2) is 0 Å². The fourth-order valence-corrected chi connectivity index (χ4v) is 5.45. The number of hydrogen-bond acceptors (Lipinski definition) is 3. The number of carbonyl (C=O) groups excluding carboxylic acids is 1. The maximum atomic E-state index is 15.2. The molecule has 164 valence electrons. The van der Waals surface area contributed by atoms with Gasteiger partial charge >= 0.3 is 0 Å². The molecule has 0 bridgehead atoms. The lowest BCUT2D eigenvalue weighted by Gasteiger charge is -2.36. The molecule has 0 unspecified atom stereocenters. The first-order valence-electron chi connectivity index (χ1n) is 10.9. The summed E-state index contributed by atoms with van der Waals surface area (Å²) in [6, 6.07) is 16.7. The predicted molar refractivity (Wildman–Crippen MR) is 126 cm³/mol. The van der Waals surface area contributed by atoms with Crippen molar-refractivity contribution in [3.8, 4) is 5.75 Å². The Balaban J connectivity index is 1.50. The Labute approximate surface area is 190 Å². The number of benzene rings is 2. The number of amides is 1. The molecule has 3 heterocycles. The molecule has 0 fully saturated rings. The first-order chi connectivity index (χ1) is 15.7. The van der Waals surface area contributed by atoms with Crippen molar-refractivity contribution in [2.75, 3.05) is 13.7 Å². The van der Waals surface area contributed by atoms with Crippen molar-refractivity contribution in [2.45, 2.75) is 31.7 Å². The van der Waals surface area contributed by atoms with Crippen LogP contribution in [0.1, 0.15) is 40.6 Å². The molecule has 32 heavy (non-hydrogen) atoms. The van der Waals surface area contributed by atoms with Crippen LogP contribution in [0, 0.1) is 5.82 Å². The Morgan fingerprint density at radius 3 is 2.88 bits per heavy atom. The number of H-pyrrole nitrogens is 1. The van der Waals surface area contributed by atoms with Crippen molar-refractivity contribution in [3.05, 3.63) is 87.5 Å². The molecule has 0 spiro atoms. The van der Waals surface area contributed by atoms with Gasteiger partial charge in [0.1, 0.15) is 17.6 Å². The zero-order valence-corrected chi connectivity index (χ0v) is 18.8. The number of fused-ring (bicyclic) bond motifs is 3. The molecular formula is C26H25FN2O2S. The van der Waals surface area contributed by atoms with E-state index < -0.39 is 6.04 Å². The van der Waals surface area contributed by atoms with Gasteiger partial charge in [-0.25, -0.2) is 4.39 Å². The van der Waals surface area contributed by atoms with Gasteiger partial charge in [-0.15, -0.1) is 11.3 Å². The molecule has 2 aromatic heterocycles. The van der Waals surface area contributed by atoms with Gasteiger partial charge < -0.3 is 14.6 Å². The van der Waals surface area contributed by atoms with Gasteiger partial charge in [0.2, 0.25) is 5.91 Å². The van der Waals surface area contributed by atoms with E-state index in [1.165, 1.54) is 23.6 Å². The van der Waals surface area contributed by atoms with Gasteiger partial charge in [0.25, 0.3) is 0 Å². The number of aromatic nitrogens is 1. The van der Waals surface area contributed by atoms with Crippen LogP contribution in [0.5, 0.6) is 5.75 Å². The normalized spacial score (nSPS) is 15.7. The Morgan fingerprint density at radius 2 is 2.09 bits per heavy atom. The maximum absolute atomic E-state index is 15.2. The third-order valence-electron chi connectivity index (χ3n) is 6.25. The molecule has 5 rings (SSSR count). The molecule has 0 radical (unpaired) electrons. The zero-order chi connectivity index (χ0) is 22.1. The standard InChI is InChI=1S/C26H25FN2O2S/c1-31-17-11-12-21(22(27)16-17)26-25-20(19-8-2-3-9-23(19)28-25)13-14-29(26)24(30)10-4-6-18-7-5-15-32-18/h2-3,5,7-9,11-12,15-16,26,28H,4,6,10,13-14H2,1H3/t26-/m0/s1. The van der Waals surface area contributed by atoms with E-state index in [0.29, 0.717) is 24.3 Å². The smallest absolute Gasteiger partial charge is 0.223 e. The number of hydrogen-bond donors (Lipinski definition) is 1. The molecule has 2 aromatic carbocycles. The summed E-state index contributed by atoms with van der Waals surface area (Å²) >= 11 is 1.71. The number of carbonyl (C=O) groups is 1. The number of para-hydroxylation sites is 1. The molecule has 1 aliphatic heterocycles. The summed E-state index contributed by atoms with van der Waals surface area (Å²) in [6.45, 7) is 0.572. The number of nitrogens with zero attached hydrogens (tertiary/aromatic N) is 1. The summed E-state index contributed by atoms with van der Waals surface area (Å²) < 4.78 is 20.4. The van der Waals surface area contributed by atoms with Gasteiger partial charge in [-0.3, -0.25) is 4.79 Å². The number of aryl methyl sites for hydroxylation is 1. The van der Waals surface area contributed by atoms with Crippen molar-refractivity contribution in [2.24, 2.45) is 0 Å². The number of rotatable bonds is 6. The molecular weight excluding hydrogens is 423 g/mol. The summed E-state index contributed by atoms with van der Waals surface area (Å²) in [5.74, 6) is 0.163. The number of ether oxygens (including phenoxy) is 1. The highest BCUT2D eigenvalue weighted by molar-refractivity contribution is 7.09. The lowest BCUT2D eigenvalue weighted by atomic mass is 9.91. The molecule has 1 N–H and O–H groups in total. The van der Waals surface area contributed by atoms with Gasteiger partial charge in [-0.05, 0) is 54.5 Å². The second-order valence-electron chi connectivity index (χ2n) is 8.12. The quantitative estimate of drug-likeness (QED) is 0.401. The average Bonchev–Trinajstić information content (AvgIpc) is 3.46. The van der Waals surface area contributed by atoms with Crippen molar-refractivity contribution < 1.29 is 13.9 Å². The number of aromatic amines is 1. The number of methoxy groups -OCH3 is 1. The molecule has 1 amide bonds. The highest BCUT2D eigenvalue weighted by Crippen LogP contribution is 2.40. The lowest BCUT2D eigenvalue weighted by Crippen LogP contribution is -2.41. The van der Waals surface area contributed by atoms with Gasteiger partial charge in [-0.2, -0.15) is 0 Å². The van der Waals surface area contributed by atoms with Gasteiger partial charge in [-0.1, -0.05) is 24.3 Å². The second-order valence-corrected chi connectivity index (χ2v) is 9.16. The van der Waals surface area contributed by atoms with Crippen LogP contribution in [0.2, 0.25) is 0 Å². The number of halogens is 1. The molecule has 6 heteroatoms. The topological polar surface area (TPSA) is 45.3 Å². The van der Waals surface area contributed by atoms with Crippen molar-refractivity contribution in [3.63, 3.8) is 0 Å². The lowest BCUT2D eigenvalue weighted by molar-refractivity contribution is -0.133. The van der Waals surface area contributed by atoms with Gasteiger partial charge in [0, 0.05) is 46.1 Å². The minimum absolute atomic E-state index is 0.0612. The molecule has 0 saturated heterocycles. The van der Waals surface area contributed by atoms with Crippen LogP contribution in [-0.2, 0) is 17.6 Å². The van der Waals surface area contributed by atoms with Crippen molar-refractivity contribution >= 4 is 28.1 Å². The van der Waals surface area contributed by atoms with Gasteiger partial charge in [0.05, 0.1) is 7.11 Å². The Morgan fingerprint density at radius 1 is 1.22 bits per heavy atom. The summed E-state index contributed by atoms with van der Waals surface area (Å²) in [4.78, 5) is 20.0. The summed E-state index contributed by atoms with van der Waals surface area (Å²) in [5, 5.41) is 3.20. The van der Waals surface area contributed by atoms with Crippen LogP contribution in [-0.4, -0.2) is 29.4 Å². The largest absolute Gasteiger partial charge is 0.497 e. The fraction of sp³-hybridized carbons (Fsp3) is 0.269. The summed E-state index contributed by atoms with van der Waals surface area (Å²) in [7, 11) is 1.52. The minimum atomic E-state index is -0.480. The van der Waals surface area contributed by atoms with Crippen molar-refractivity contribution in [1.29, 1.82) is 0 Å². The highest BCUT2D eigenvalue weighted by atomic mass is 32.1. The van der Waals surface area contributed by atoms with Crippen LogP contribution in [0.3, 0.4) is 0 Å². The minimum Gasteiger partial charge on any atom is -0.497 e. The van der Waals surface area contributed by atoms with E-state index in [1.807, 2.05) is 29.2 Å². The van der Waals surface area contributed by atoms with E-state index in [4.69, 9.17) is 4.74 Å². The van der Waals surface area contributed by atoms with Crippen LogP contribution in [0.15, 0.2) is 60.0 Å². The molecule has 0 saturated carbocycles. The molecule has 4 aromatic rings. The van der Waals surface area contributed by atoms with E-state index in [2.05, 4.69) is 22.5 Å².